The molecular weight excluding hydrogens is 474 g/mol. The molecular formula is C29H28ClN3O3. The van der Waals surface area contributed by atoms with Crippen molar-refractivity contribution in [3.63, 3.8) is 0 Å². The van der Waals surface area contributed by atoms with Crippen molar-refractivity contribution in [2.24, 2.45) is 11.0 Å². The van der Waals surface area contributed by atoms with Crippen molar-refractivity contribution in [2.75, 3.05) is 19.5 Å². The molecule has 3 aromatic carbocycles. The maximum atomic E-state index is 13.6. The van der Waals surface area contributed by atoms with Crippen molar-refractivity contribution in [2.45, 2.75) is 25.3 Å². The number of urea groups is 1. The molecule has 2 unspecified atom stereocenters. The van der Waals surface area contributed by atoms with Crippen molar-refractivity contribution in [1.82, 2.24) is 5.01 Å². The quantitative estimate of drug-likeness (QED) is 0.402. The van der Waals surface area contributed by atoms with Crippen LogP contribution in [0.25, 0.3) is 6.08 Å². The Morgan fingerprint density at radius 1 is 1.03 bits per heavy atom. The van der Waals surface area contributed by atoms with Crippen molar-refractivity contribution in [1.29, 1.82) is 0 Å². The Morgan fingerprint density at radius 3 is 2.56 bits per heavy atom. The van der Waals surface area contributed by atoms with Crippen LogP contribution in [0.15, 0.2) is 83.5 Å². The van der Waals surface area contributed by atoms with Crippen molar-refractivity contribution < 1.29 is 14.3 Å². The van der Waals surface area contributed by atoms with Gasteiger partial charge in [-0.05, 0) is 61.2 Å². The number of fused-ring (bicyclic) bond motifs is 1. The summed E-state index contributed by atoms with van der Waals surface area (Å²) in [6.45, 7) is 0. The average molecular weight is 502 g/mol. The summed E-state index contributed by atoms with van der Waals surface area (Å²) in [5, 5.41) is 10.0. The maximum absolute atomic E-state index is 13.6. The predicted octanol–water partition coefficient (Wildman–Crippen LogP) is 7.19. The van der Waals surface area contributed by atoms with Crippen molar-refractivity contribution >= 4 is 35.1 Å². The summed E-state index contributed by atoms with van der Waals surface area (Å²) in [6.07, 6.45) is 4.95. The topological polar surface area (TPSA) is 63.2 Å². The number of halogens is 1. The first-order valence-corrected chi connectivity index (χ1v) is 12.4. The van der Waals surface area contributed by atoms with Crippen LogP contribution < -0.4 is 14.8 Å². The molecule has 0 bridgehead atoms. The Hall–Kier alpha value is -3.77. The minimum atomic E-state index is -0.313. The molecule has 5 rings (SSSR count). The number of allylic oxidation sites excluding steroid dienone is 1. The summed E-state index contributed by atoms with van der Waals surface area (Å²) >= 11 is 6.15. The van der Waals surface area contributed by atoms with E-state index < -0.39 is 0 Å². The Bertz CT molecular complexity index is 1340. The van der Waals surface area contributed by atoms with E-state index in [0.29, 0.717) is 10.7 Å². The number of para-hydroxylation sites is 2. The SMILES string of the molecule is COc1ccccc1/C=C1\CCCC2C1=NN(C(=O)Nc1cccc(Cl)c1)C2c1ccccc1OC. The van der Waals surface area contributed by atoms with E-state index in [-0.39, 0.29) is 18.0 Å². The summed E-state index contributed by atoms with van der Waals surface area (Å²) in [4.78, 5) is 13.6. The number of nitrogens with zero attached hydrogens (tertiary/aromatic N) is 2. The van der Waals surface area contributed by atoms with Crippen molar-refractivity contribution in [3.8, 4) is 11.5 Å². The Kier molecular flexibility index (Phi) is 6.96. The molecule has 7 heteroatoms. The smallest absolute Gasteiger partial charge is 0.342 e. The molecule has 1 N–H and O–H groups in total. The van der Waals surface area contributed by atoms with Crippen molar-refractivity contribution in [3.05, 3.63) is 94.5 Å². The highest BCUT2D eigenvalue weighted by molar-refractivity contribution is 6.30. The third-order valence-corrected chi connectivity index (χ3v) is 6.95. The molecule has 184 valence electrons. The van der Waals surface area contributed by atoms with E-state index in [0.717, 1.165) is 53.2 Å². The molecule has 0 spiro atoms. The predicted molar refractivity (Wildman–Crippen MR) is 144 cm³/mol. The van der Waals surface area contributed by atoms with Gasteiger partial charge in [-0.15, -0.1) is 0 Å². The van der Waals surface area contributed by atoms with Crippen LogP contribution in [0.4, 0.5) is 10.5 Å². The largest absolute Gasteiger partial charge is 0.496 e. The maximum Gasteiger partial charge on any atom is 0.342 e. The van der Waals surface area contributed by atoms with Crippen LogP contribution in [0.1, 0.15) is 36.4 Å². The lowest BCUT2D eigenvalue weighted by molar-refractivity contribution is 0.186. The molecule has 2 aliphatic rings. The molecule has 1 aliphatic carbocycles. The number of carbonyl (C=O) groups is 1. The van der Waals surface area contributed by atoms with E-state index in [9.17, 15) is 4.79 Å². The fourth-order valence-corrected chi connectivity index (χ4v) is 5.30. The van der Waals surface area contributed by atoms with Gasteiger partial charge in [0.05, 0.1) is 26.0 Å². The van der Waals surface area contributed by atoms with Gasteiger partial charge >= 0.3 is 6.03 Å². The second kappa shape index (κ2) is 10.5. The standard InChI is InChI=1S/C29H28ClN3O3/c1-35-25-15-5-3-9-19(25)17-20-10-7-14-24-27(20)32-33(28(24)23-13-4-6-16-26(23)36-2)29(34)31-22-12-8-11-21(30)18-22/h3-6,8-9,11-13,15-18,24,28H,7,10,14H2,1-2H3,(H,31,34)/b20-17+. The molecule has 6 nitrogen and oxygen atoms in total. The zero-order chi connectivity index (χ0) is 25.1. The third kappa shape index (κ3) is 4.69. The molecule has 0 radical (unpaired) electrons. The van der Waals surface area contributed by atoms with E-state index >= 15 is 0 Å². The monoisotopic (exact) mass is 501 g/mol. The number of hydrogen-bond donors (Lipinski definition) is 1. The molecule has 0 aromatic heterocycles. The number of nitrogens with one attached hydrogen (secondary N) is 1. The first-order chi connectivity index (χ1) is 17.6. The molecule has 1 aliphatic heterocycles. The fraction of sp³-hybridized carbons (Fsp3) is 0.241. The van der Waals surface area contributed by atoms with E-state index in [4.69, 9.17) is 26.2 Å². The Morgan fingerprint density at radius 2 is 1.78 bits per heavy atom. The van der Waals surface area contributed by atoms with Gasteiger partial charge < -0.3 is 14.8 Å². The van der Waals surface area contributed by atoms with Crippen LogP contribution >= 0.6 is 11.6 Å². The minimum absolute atomic E-state index is 0.0427. The Balaban J connectivity index is 1.57. The summed E-state index contributed by atoms with van der Waals surface area (Å²) in [5.41, 5.74) is 4.60. The first-order valence-electron chi connectivity index (χ1n) is 12.0. The first kappa shape index (κ1) is 23.9. The van der Waals surface area contributed by atoms with Gasteiger partial charge in [-0.3, -0.25) is 0 Å². The molecule has 2 atom stereocenters. The number of anilines is 1. The molecule has 1 heterocycles. The van der Waals surface area contributed by atoms with E-state index in [1.54, 1.807) is 37.4 Å². The van der Waals surface area contributed by atoms with Gasteiger partial charge in [-0.2, -0.15) is 5.10 Å². The highest BCUT2D eigenvalue weighted by Gasteiger charge is 2.45. The second-order valence-electron chi connectivity index (χ2n) is 8.87. The number of ether oxygens (including phenoxy) is 2. The van der Waals surface area contributed by atoms with Gasteiger partial charge in [0.25, 0.3) is 0 Å². The zero-order valence-electron chi connectivity index (χ0n) is 20.3. The average Bonchev–Trinajstić information content (AvgIpc) is 3.29. The second-order valence-corrected chi connectivity index (χ2v) is 9.30. The summed E-state index contributed by atoms with van der Waals surface area (Å²) in [6, 6.07) is 22.3. The van der Waals surface area contributed by atoms with Crippen LogP contribution in [-0.4, -0.2) is 31.0 Å². The molecule has 1 saturated carbocycles. The van der Waals surface area contributed by atoms with Crippen LogP contribution in [0.2, 0.25) is 5.02 Å². The van der Waals surface area contributed by atoms with Crippen LogP contribution in [0.3, 0.4) is 0 Å². The highest BCUT2D eigenvalue weighted by atomic mass is 35.5. The van der Waals surface area contributed by atoms with Crippen LogP contribution in [0, 0.1) is 5.92 Å². The summed E-state index contributed by atoms with van der Waals surface area (Å²) in [7, 11) is 3.33. The minimum Gasteiger partial charge on any atom is -0.496 e. The lowest BCUT2D eigenvalue weighted by Gasteiger charge is -2.30. The van der Waals surface area contributed by atoms with E-state index in [1.807, 2.05) is 54.6 Å². The van der Waals surface area contributed by atoms with Gasteiger partial charge in [0.2, 0.25) is 0 Å². The van der Waals surface area contributed by atoms with Gasteiger partial charge in [0.15, 0.2) is 0 Å². The zero-order valence-corrected chi connectivity index (χ0v) is 21.0. The van der Waals surface area contributed by atoms with Gasteiger partial charge in [0, 0.05) is 27.8 Å². The number of benzene rings is 3. The van der Waals surface area contributed by atoms with Crippen LogP contribution in [-0.2, 0) is 0 Å². The van der Waals surface area contributed by atoms with Gasteiger partial charge in [-0.25, -0.2) is 9.80 Å². The van der Waals surface area contributed by atoms with Crippen LogP contribution in [0.5, 0.6) is 11.5 Å². The number of carbonyl (C=O) groups excluding carboxylic acids is 1. The number of rotatable bonds is 5. The number of methoxy groups -OCH3 is 2. The van der Waals surface area contributed by atoms with Gasteiger partial charge in [-0.1, -0.05) is 54.1 Å². The molecule has 36 heavy (non-hydrogen) atoms. The third-order valence-electron chi connectivity index (χ3n) is 6.71. The summed E-state index contributed by atoms with van der Waals surface area (Å²) in [5.74, 6) is 1.59. The van der Waals surface area contributed by atoms with E-state index in [1.165, 1.54) is 0 Å². The summed E-state index contributed by atoms with van der Waals surface area (Å²) < 4.78 is 11.3. The lowest BCUT2D eigenvalue weighted by Crippen LogP contribution is -2.34. The van der Waals surface area contributed by atoms with E-state index in [2.05, 4.69) is 11.4 Å². The Labute approximate surface area is 216 Å². The number of hydrazone groups is 1. The number of amides is 2. The molecule has 2 amide bonds. The molecule has 0 saturated heterocycles. The normalized spacial score (nSPS) is 20.0. The lowest BCUT2D eigenvalue weighted by atomic mass is 9.77. The fourth-order valence-electron chi connectivity index (χ4n) is 5.11. The molecule has 3 aromatic rings. The highest BCUT2D eigenvalue weighted by Crippen LogP contribution is 2.47. The van der Waals surface area contributed by atoms with Gasteiger partial charge in [0.1, 0.15) is 11.5 Å². The number of hydrogen-bond acceptors (Lipinski definition) is 4. The molecule has 1 fully saturated rings.